The van der Waals surface area contributed by atoms with E-state index in [4.69, 9.17) is 9.47 Å². The third-order valence-electron chi connectivity index (χ3n) is 4.12. The maximum absolute atomic E-state index is 11.2. The van der Waals surface area contributed by atoms with Crippen LogP contribution in [0.5, 0.6) is 0 Å². The van der Waals surface area contributed by atoms with Crippen LogP contribution in [0.3, 0.4) is 0 Å². The first kappa shape index (κ1) is 24.4. The first-order valence-electron chi connectivity index (χ1n) is 9.41. The van der Waals surface area contributed by atoms with Crippen LogP contribution in [0.15, 0.2) is 4.99 Å². The molecular formula is C18H36IN3O3. The highest BCUT2D eigenvalue weighted by Crippen LogP contribution is 2.24. The normalized spacial score (nSPS) is 20.0. The van der Waals surface area contributed by atoms with Gasteiger partial charge < -0.3 is 20.1 Å². The van der Waals surface area contributed by atoms with E-state index in [1.165, 1.54) is 0 Å². The number of aliphatic imine (C=N–C) groups is 1. The molecule has 2 N–H and O–H groups in total. The molecule has 1 atom stereocenters. The van der Waals surface area contributed by atoms with Gasteiger partial charge in [-0.2, -0.15) is 0 Å². The Balaban J connectivity index is 0.00000576. The molecule has 7 heteroatoms. The number of carbonyl (C=O) groups excluding carboxylic acids is 1. The van der Waals surface area contributed by atoms with Crippen LogP contribution in [-0.2, 0) is 14.3 Å². The average Bonchev–Trinajstić information content (AvgIpc) is 2.99. The van der Waals surface area contributed by atoms with E-state index in [0.717, 1.165) is 64.2 Å². The van der Waals surface area contributed by atoms with Gasteiger partial charge in [0.25, 0.3) is 0 Å². The van der Waals surface area contributed by atoms with Gasteiger partial charge in [-0.05, 0) is 46.5 Å². The molecule has 1 unspecified atom stereocenters. The van der Waals surface area contributed by atoms with E-state index in [-0.39, 0.29) is 35.5 Å². The van der Waals surface area contributed by atoms with Gasteiger partial charge in [-0.1, -0.05) is 12.8 Å². The maximum atomic E-state index is 11.2. The fourth-order valence-electron chi connectivity index (χ4n) is 2.74. The average molecular weight is 469 g/mol. The largest absolute Gasteiger partial charge is 0.466 e. The molecule has 0 aromatic rings. The third-order valence-corrected chi connectivity index (χ3v) is 4.12. The van der Waals surface area contributed by atoms with Crippen LogP contribution in [0.25, 0.3) is 0 Å². The summed E-state index contributed by atoms with van der Waals surface area (Å²) in [5.74, 6) is 0.778. The quantitative estimate of drug-likeness (QED) is 0.160. The SMILES string of the molecule is CCNC(=NCC1(C)CCCO1)NCCCCCCC(=O)OCC.I. The molecule has 148 valence electrons. The molecule has 1 rings (SSSR count). The minimum absolute atomic E-state index is 0. The first-order valence-corrected chi connectivity index (χ1v) is 9.41. The maximum Gasteiger partial charge on any atom is 0.305 e. The van der Waals surface area contributed by atoms with Gasteiger partial charge >= 0.3 is 5.97 Å². The summed E-state index contributed by atoms with van der Waals surface area (Å²) < 4.78 is 10.7. The van der Waals surface area contributed by atoms with Gasteiger partial charge in [0, 0.05) is 26.1 Å². The second kappa shape index (κ2) is 14.6. The van der Waals surface area contributed by atoms with Crippen molar-refractivity contribution in [1.82, 2.24) is 10.6 Å². The van der Waals surface area contributed by atoms with Crippen molar-refractivity contribution in [3.63, 3.8) is 0 Å². The number of hydrogen-bond acceptors (Lipinski definition) is 4. The predicted molar refractivity (Wildman–Crippen MR) is 113 cm³/mol. The monoisotopic (exact) mass is 469 g/mol. The molecule has 1 fully saturated rings. The zero-order chi connectivity index (χ0) is 17.7. The molecule has 1 heterocycles. The Morgan fingerprint density at radius 3 is 2.60 bits per heavy atom. The summed E-state index contributed by atoms with van der Waals surface area (Å²) in [5, 5.41) is 6.65. The number of nitrogens with zero attached hydrogens (tertiary/aromatic N) is 1. The van der Waals surface area contributed by atoms with Gasteiger partial charge in [-0.25, -0.2) is 0 Å². The minimum Gasteiger partial charge on any atom is -0.466 e. The smallest absolute Gasteiger partial charge is 0.305 e. The van der Waals surface area contributed by atoms with Gasteiger partial charge in [0.1, 0.15) is 0 Å². The molecule has 0 aliphatic carbocycles. The Kier molecular flexibility index (Phi) is 14.3. The van der Waals surface area contributed by atoms with Crippen LogP contribution < -0.4 is 10.6 Å². The summed E-state index contributed by atoms with van der Waals surface area (Å²) in [5.41, 5.74) is -0.102. The Hall–Kier alpha value is -0.570. The topological polar surface area (TPSA) is 72.0 Å². The van der Waals surface area contributed by atoms with E-state index in [2.05, 4.69) is 29.5 Å². The van der Waals surface area contributed by atoms with Crippen molar-refractivity contribution in [1.29, 1.82) is 0 Å². The molecule has 6 nitrogen and oxygen atoms in total. The van der Waals surface area contributed by atoms with Crippen molar-refractivity contribution in [3.8, 4) is 0 Å². The summed E-state index contributed by atoms with van der Waals surface area (Å²) in [4.78, 5) is 15.9. The van der Waals surface area contributed by atoms with Crippen LogP contribution in [-0.4, -0.2) is 50.4 Å². The lowest BCUT2D eigenvalue weighted by Gasteiger charge is -2.21. The lowest BCUT2D eigenvalue weighted by atomic mass is 10.0. The van der Waals surface area contributed by atoms with Crippen LogP contribution in [0.4, 0.5) is 0 Å². The molecule has 0 radical (unpaired) electrons. The summed E-state index contributed by atoms with van der Waals surface area (Å²) in [6.45, 7) is 9.80. The Morgan fingerprint density at radius 1 is 1.20 bits per heavy atom. The number of esters is 1. The molecule has 0 aromatic carbocycles. The number of hydrogen-bond donors (Lipinski definition) is 2. The fraction of sp³-hybridized carbons (Fsp3) is 0.889. The van der Waals surface area contributed by atoms with Crippen molar-refractivity contribution >= 4 is 35.9 Å². The lowest BCUT2D eigenvalue weighted by molar-refractivity contribution is -0.143. The van der Waals surface area contributed by atoms with Crippen molar-refractivity contribution in [2.24, 2.45) is 4.99 Å². The zero-order valence-corrected chi connectivity index (χ0v) is 18.4. The molecule has 0 saturated carbocycles. The van der Waals surface area contributed by atoms with Crippen molar-refractivity contribution in [3.05, 3.63) is 0 Å². The molecular weight excluding hydrogens is 433 g/mol. The number of unbranched alkanes of at least 4 members (excludes halogenated alkanes) is 3. The minimum atomic E-state index is -0.102. The molecule has 1 saturated heterocycles. The number of halogens is 1. The van der Waals surface area contributed by atoms with Gasteiger partial charge in [-0.15, -0.1) is 24.0 Å². The zero-order valence-electron chi connectivity index (χ0n) is 16.1. The summed E-state index contributed by atoms with van der Waals surface area (Å²) in [6.07, 6.45) is 6.87. The summed E-state index contributed by atoms with van der Waals surface area (Å²) in [7, 11) is 0. The first-order chi connectivity index (χ1) is 11.6. The molecule has 0 spiro atoms. The number of ether oxygens (including phenoxy) is 2. The van der Waals surface area contributed by atoms with E-state index >= 15 is 0 Å². The van der Waals surface area contributed by atoms with Crippen LogP contribution in [0.1, 0.15) is 65.7 Å². The Bertz CT molecular complexity index is 386. The number of nitrogens with one attached hydrogen (secondary N) is 2. The van der Waals surface area contributed by atoms with Crippen molar-refractivity contribution < 1.29 is 14.3 Å². The van der Waals surface area contributed by atoms with Crippen molar-refractivity contribution in [2.75, 3.05) is 32.8 Å². The lowest BCUT2D eigenvalue weighted by Crippen LogP contribution is -2.39. The highest BCUT2D eigenvalue weighted by atomic mass is 127. The Morgan fingerprint density at radius 2 is 1.96 bits per heavy atom. The fourth-order valence-corrected chi connectivity index (χ4v) is 2.74. The number of rotatable bonds is 11. The summed E-state index contributed by atoms with van der Waals surface area (Å²) in [6, 6.07) is 0. The highest BCUT2D eigenvalue weighted by molar-refractivity contribution is 14.0. The molecule has 25 heavy (non-hydrogen) atoms. The van der Waals surface area contributed by atoms with Crippen LogP contribution in [0, 0.1) is 0 Å². The number of guanidine groups is 1. The predicted octanol–water partition coefficient (Wildman–Crippen LogP) is 3.24. The molecule has 1 aliphatic heterocycles. The van der Waals surface area contributed by atoms with Gasteiger partial charge in [-0.3, -0.25) is 9.79 Å². The van der Waals surface area contributed by atoms with Gasteiger partial charge in [0.05, 0.1) is 18.8 Å². The van der Waals surface area contributed by atoms with E-state index in [0.29, 0.717) is 19.6 Å². The third kappa shape index (κ3) is 11.6. The van der Waals surface area contributed by atoms with Crippen LogP contribution in [0.2, 0.25) is 0 Å². The van der Waals surface area contributed by atoms with E-state index in [1.54, 1.807) is 0 Å². The molecule has 1 aliphatic rings. The molecule has 0 amide bonds. The van der Waals surface area contributed by atoms with E-state index < -0.39 is 0 Å². The van der Waals surface area contributed by atoms with E-state index in [9.17, 15) is 4.79 Å². The molecule has 0 aromatic heterocycles. The van der Waals surface area contributed by atoms with Gasteiger partial charge in [0.2, 0.25) is 0 Å². The second-order valence-corrected chi connectivity index (χ2v) is 6.49. The Labute approximate surface area is 169 Å². The van der Waals surface area contributed by atoms with Crippen LogP contribution >= 0.6 is 24.0 Å². The van der Waals surface area contributed by atoms with Gasteiger partial charge in [0.15, 0.2) is 5.96 Å². The standard InChI is InChI=1S/C18H35N3O3.HI/c1-4-19-17(21-15-18(3)12-10-14-24-18)20-13-9-7-6-8-11-16(22)23-5-2;/h4-15H2,1-3H3,(H2,19,20,21);1H. The second-order valence-electron chi connectivity index (χ2n) is 6.49. The summed E-state index contributed by atoms with van der Waals surface area (Å²) >= 11 is 0. The van der Waals surface area contributed by atoms with Crippen molar-refractivity contribution in [2.45, 2.75) is 71.3 Å². The van der Waals surface area contributed by atoms with E-state index in [1.807, 2.05) is 6.92 Å². The highest BCUT2D eigenvalue weighted by Gasteiger charge is 2.29. The number of carbonyl (C=O) groups is 1. The molecule has 0 bridgehead atoms.